The van der Waals surface area contributed by atoms with Crippen LogP contribution in [0.5, 0.6) is 0 Å². The van der Waals surface area contributed by atoms with Crippen LogP contribution in [0.1, 0.15) is 24.3 Å². The SMILES string of the molecule is N#CC(C(=O)C1CCOCC1)c1ccc(Cl)cc1Cl. The van der Waals surface area contributed by atoms with Gasteiger partial charge >= 0.3 is 0 Å². The van der Waals surface area contributed by atoms with Gasteiger partial charge in [-0.2, -0.15) is 5.26 Å². The molecule has 1 unspecified atom stereocenters. The number of ether oxygens (including phenoxy) is 1. The molecule has 0 spiro atoms. The highest BCUT2D eigenvalue weighted by atomic mass is 35.5. The smallest absolute Gasteiger partial charge is 0.157 e. The molecule has 1 atom stereocenters. The fraction of sp³-hybridized carbons (Fsp3) is 0.429. The third kappa shape index (κ3) is 3.27. The Kier molecular flexibility index (Phi) is 4.81. The van der Waals surface area contributed by atoms with Crippen molar-refractivity contribution in [2.24, 2.45) is 5.92 Å². The summed E-state index contributed by atoms with van der Waals surface area (Å²) in [5, 5.41) is 10.1. The van der Waals surface area contributed by atoms with Gasteiger partial charge in [0.05, 0.1) is 6.07 Å². The second kappa shape index (κ2) is 6.38. The molecule has 3 nitrogen and oxygen atoms in total. The average molecular weight is 298 g/mol. The maximum atomic E-state index is 12.4. The highest BCUT2D eigenvalue weighted by molar-refractivity contribution is 6.35. The van der Waals surface area contributed by atoms with E-state index in [1.807, 2.05) is 0 Å². The minimum atomic E-state index is -0.826. The fourth-order valence-electron chi connectivity index (χ4n) is 2.24. The second-order valence-corrected chi connectivity index (χ2v) is 5.36. The zero-order valence-electron chi connectivity index (χ0n) is 10.2. The molecular formula is C14H13Cl2NO2. The van der Waals surface area contributed by atoms with Crippen molar-refractivity contribution < 1.29 is 9.53 Å². The van der Waals surface area contributed by atoms with E-state index in [1.165, 1.54) is 0 Å². The van der Waals surface area contributed by atoms with Crippen LogP contribution in [0.3, 0.4) is 0 Å². The van der Waals surface area contributed by atoms with Crippen molar-refractivity contribution in [3.8, 4) is 6.07 Å². The number of nitrogens with zero attached hydrogens (tertiary/aromatic N) is 1. The minimum Gasteiger partial charge on any atom is -0.381 e. The summed E-state index contributed by atoms with van der Waals surface area (Å²) in [6, 6.07) is 6.91. The quantitative estimate of drug-likeness (QED) is 0.856. The van der Waals surface area contributed by atoms with Crippen molar-refractivity contribution in [2.75, 3.05) is 13.2 Å². The van der Waals surface area contributed by atoms with Gasteiger partial charge in [-0.25, -0.2) is 0 Å². The van der Waals surface area contributed by atoms with Gasteiger partial charge in [0.2, 0.25) is 0 Å². The largest absolute Gasteiger partial charge is 0.381 e. The van der Waals surface area contributed by atoms with Crippen LogP contribution in [0.25, 0.3) is 0 Å². The molecule has 1 fully saturated rings. The standard InChI is InChI=1S/C14H13Cl2NO2/c15-10-1-2-11(13(16)7-10)12(8-17)14(18)9-3-5-19-6-4-9/h1-2,7,9,12H,3-6H2. The molecule has 100 valence electrons. The highest BCUT2D eigenvalue weighted by Crippen LogP contribution is 2.31. The number of carbonyl (C=O) groups is 1. The molecular weight excluding hydrogens is 285 g/mol. The summed E-state index contributed by atoms with van der Waals surface area (Å²) in [4.78, 5) is 12.4. The van der Waals surface area contributed by atoms with E-state index in [4.69, 9.17) is 27.9 Å². The van der Waals surface area contributed by atoms with E-state index in [0.29, 0.717) is 41.7 Å². The van der Waals surface area contributed by atoms with E-state index in [-0.39, 0.29) is 11.7 Å². The molecule has 1 aliphatic rings. The molecule has 1 aromatic carbocycles. The first-order valence-corrected chi connectivity index (χ1v) is 6.85. The number of hydrogen-bond donors (Lipinski definition) is 0. The Hall–Kier alpha value is -1.08. The van der Waals surface area contributed by atoms with Crippen molar-refractivity contribution in [1.29, 1.82) is 5.26 Å². The zero-order chi connectivity index (χ0) is 13.8. The van der Waals surface area contributed by atoms with Gasteiger partial charge in [-0.1, -0.05) is 29.3 Å². The Morgan fingerprint density at radius 3 is 2.63 bits per heavy atom. The molecule has 0 saturated carbocycles. The fourth-order valence-corrected chi connectivity index (χ4v) is 2.76. The number of benzene rings is 1. The van der Waals surface area contributed by atoms with Gasteiger partial charge in [0, 0.05) is 29.2 Å². The summed E-state index contributed by atoms with van der Waals surface area (Å²) >= 11 is 11.9. The van der Waals surface area contributed by atoms with Gasteiger partial charge in [0.15, 0.2) is 5.78 Å². The van der Waals surface area contributed by atoms with Crippen LogP contribution in [-0.4, -0.2) is 19.0 Å². The predicted molar refractivity (Wildman–Crippen MR) is 73.4 cm³/mol. The molecule has 5 heteroatoms. The lowest BCUT2D eigenvalue weighted by Crippen LogP contribution is -2.27. The van der Waals surface area contributed by atoms with E-state index >= 15 is 0 Å². The summed E-state index contributed by atoms with van der Waals surface area (Å²) in [5.74, 6) is -1.02. The summed E-state index contributed by atoms with van der Waals surface area (Å²) in [7, 11) is 0. The van der Waals surface area contributed by atoms with Crippen molar-refractivity contribution in [3.63, 3.8) is 0 Å². The van der Waals surface area contributed by atoms with Gasteiger partial charge in [-0.05, 0) is 30.5 Å². The van der Waals surface area contributed by atoms with Crippen LogP contribution in [0.15, 0.2) is 18.2 Å². The number of nitriles is 1. The number of hydrogen-bond acceptors (Lipinski definition) is 3. The Morgan fingerprint density at radius 2 is 2.05 bits per heavy atom. The van der Waals surface area contributed by atoms with Crippen molar-refractivity contribution in [2.45, 2.75) is 18.8 Å². The zero-order valence-corrected chi connectivity index (χ0v) is 11.7. The summed E-state index contributed by atoms with van der Waals surface area (Å²) in [6.45, 7) is 1.14. The van der Waals surface area contributed by atoms with Crippen LogP contribution in [0, 0.1) is 17.2 Å². The van der Waals surface area contributed by atoms with E-state index in [2.05, 4.69) is 6.07 Å². The maximum absolute atomic E-state index is 12.4. The minimum absolute atomic E-state index is 0.0741. The van der Waals surface area contributed by atoms with E-state index in [9.17, 15) is 10.1 Å². The third-order valence-corrected chi connectivity index (χ3v) is 3.87. The number of carbonyl (C=O) groups excluding carboxylic acids is 1. The van der Waals surface area contributed by atoms with Crippen molar-refractivity contribution in [3.05, 3.63) is 33.8 Å². The van der Waals surface area contributed by atoms with Crippen LogP contribution in [0.2, 0.25) is 10.0 Å². The molecule has 1 heterocycles. The normalized spacial score (nSPS) is 17.7. The number of ketones is 1. The first kappa shape index (κ1) is 14.3. The molecule has 0 amide bonds. The van der Waals surface area contributed by atoms with E-state index < -0.39 is 5.92 Å². The van der Waals surface area contributed by atoms with Crippen LogP contribution < -0.4 is 0 Å². The molecule has 0 bridgehead atoms. The molecule has 1 saturated heterocycles. The molecule has 0 aromatic heterocycles. The first-order valence-electron chi connectivity index (χ1n) is 6.09. The number of rotatable bonds is 3. The average Bonchev–Trinajstić information content (AvgIpc) is 2.42. The van der Waals surface area contributed by atoms with Gasteiger partial charge in [-0.3, -0.25) is 4.79 Å². The Labute approximate surface area is 122 Å². The van der Waals surface area contributed by atoms with Gasteiger partial charge in [0.1, 0.15) is 5.92 Å². The number of Topliss-reactive ketones (excluding diaryl/α,β-unsaturated/α-hetero) is 1. The van der Waals surface area contributed by atoms with Gasteiger partial charge < -0.3 is 4.74 Å². The molecule has 0 aliphatic carbocycles. The van der Waals surface area contributed by atoms with Gasteiger partial charge in [0.25, 0.3) is 0 Å². The van der Waals surface area contributed by atoms with Crippen LogP contribution >= 0.6 is 23.2 Å². The van der Waals surface area contributed by atoms with E-state index in [1.54, 1.807) is 18.2 Å². The molecule has 2 rings (SSSR count). The topological polar surface area (TPSA) is 50.1 Å². The third-order valence-electron chi connectivity index (χ3n) is 3.31. The van der Waals surface area contributed by atoms with Gasteiger partial charge in [-0.15, -0.1) is 0 Å². The maximum Gasteiger partial charge on any atom is 0.157 e. The molecule has 1 aromatic rings. The highest BCUT2D eigenvalue weighted by Gasteiger charge is 2.30. The molecule has 1 aliphatic heterocycles. The molecule has 0 N–H and O–H groups in total. The Balaban J connectivity index is 2.24. The Morgan fingerprint density at radius 1 is 1.37 bits per heavy atom. The monoisotopic (exact) mass is 297 g/mol. The molecule has 0 radical (unpaired) electrons. The first-order chi connectivity index (χ1) is 9.13. The number of halogens is 2. The van der Waals surface area contributed by atoms with Crippen LogP contribution in [0.4, 0.5) is 0 Å². The summed E-state index contributed by atoms with van der Waals surface area (Å²) in [6.07, 6.45) is 1.34. The predicted octanol–water partition coefficient (Wildman–Crippen LogP) is 3.60. The molecule has 19 heavy (non-hydrogen) atoms. The van der Waals surface area contributed by atoms with Crippen molar-refractivity contribution in [1.82, 2.24) is 0 Å². The summed E-state index contributed by atoms with van der Waals surface area (Å²) in [5.41, 5.74) is 0.532. The van der Waals surface area contributed by atoms with E-state index in [0.717, 1.165) is 0 Å². The lowest BCUT2D eigenvalue weighted by molar-refractivity contribution is -0.126. The Bertz CT molecular complexity index is 519. The van der Waals surface area contributed by atoms with Crippen molar-refractivity contribution >= 4 is 29.0 Å². The van der Waals surface area contributed by atoms with Crippen LogP contribution in [-0.2, 0) is 9.53 Å². The second-order valence-electron chi connectivity index (χ2n) is 4.52. The lowest BCUT2D eigenvalue weighted by atomic mass is 9.84. The lowest BCUT2D eigenvalue weighted by Gasteiger charge is -2.23. The summed E-state index contributed by atoms with van der Waals surface area (Å²) < 4.78 is 5.23.